The van der Waals surface area contributed by atoms with Crippen LogP contribution in [-0.4, -0.2) is 34.0 Å². The predicted octanol–water partition coefficient (Wildman–Crippen LogP) is 4.72. The van der Waals surface area contributed by atoms with E-state index in [1.54, 1.807) is 7.11 Å². The first-order chi connectivity index (χ1) is 12.2. The van der Waals surface area contributed by atoms with E-state index in [-0.39, 0.29) is 12.1 Å². The Labute approximate surface area is 157 Å². The SMILES string of the molecule is CC[C@H]1CSC2=N[C@@H](c3ccccn3)[C@@H](c3cc(Cl)ccc3OC)N21. The van der Waals surface area contributed by atoms with Crippen LogP contribution in [-0.2, 0) is 0 Å². The number of aliphatic imine (C=N–C) groups is 1. The number of pyridine rings is 1. The molecule has 0 spiro atoms. The smallest absolute Gasteiger partial charge is 0.160 e. The average molecular weight is 374 g/mol. The number of aromatic nitrogens is 1. The highest BCUT2D eigenvalue weighted by Gasteiger charge is 2.46. The van der Waals surface area contributed by atoms with Crippen molar-refractivity contribution in [3.05, 3.63) is 58.9 Å². The van der Waals surface area contributed by atoms with E-state index in [9.17, 15) is 0 Å². The molecule has 0 saturated carbocycles. The standard InChI is InChI=1S/C19H20ClN3OS/c1-3-13-11-25-19-22-17(15-6-4-5-9-21-15)18(23(13)19)14-10-12(20)7-8-16(14)24-2/h4-10,13,17-18H,3,11H2,1-2H3/t13-,17-,18+/m0/s1. The molecule has 0 amide bonds. The second kappa shape index (κ2) is 6.89. The molecule has 0 bridgehead atoms. The minimum Gasteiger partial charge on any atom is -0.496 e. The molecular weight excluding hydrogens is 354 g/mol. The van der Waals surface area contributed by atoms with Crippen molar-refractivity contribution in [2.45, 2.75) is 31.5 Å². The third-order valence-electron chi connectivity index (χ3n) is 4.84. The number of halogens is 1. The molecule has 1 fully saturated rings. The summed E-state index contributed by atoms with van der Waals surface area (Å²) in [7, 11) is 1.70. The number of ether oxygens (including phenoxy) is 1. The van der Waals surface area contributed by atoms with Gasteiger partial charge in [-0.1, -0.05) is 36.4 Å². The second-order valence-corrected chi connectivity index (χ2v) is 7.65. The Balaban J connectivity index is 1.85. The van der Waals surface area contributed by atoms with E-state index in [0.717, 1.165) is 34.3 Å². The maximum Gasteiger partial charge on any atom is 0.160 e. The Morgan fingerprint density at radius 3 is 2.92 bits per heavy atom. The average Bonchev–Trinajstić information content (AvgIpc) is 3.21. The number of nitrogens with zero attached hydrogens (tertiary/aromatic N) is 3. The number of amidine groups is 1. The summed E-state index contributed by atoms with van der Waals surface area (Å²) in [6, 6.07) is 12.3. The summed E-state index contributed by atoms with van der Waals surface area (Å²) in [6.07, 6.45) is 2.91. The maximum absolute atomic E-state index is 6.33. The van der Waals surface area contributed by atoms with Crippen LogP contribution in [0.2, 0.25) is 5.02 Å². The lowest BCUT2D eigenvalue weighted by Crippen LogP contribution is -2.35. The van der Waals surface area contributed by atoms with E-state index < -0.39 is 0 Å². The molecule has 1 saturated heterocycles. The van der Waals surface area contributed by atoms with Gasteiger partial charge in [-0.15, -0.1) is 0 Å². The van der Waals surface area contributed by atoms with Crippen LogP contribution in [0.5, 0.6) is 5.75 Å². The molecule has 1 aromatic heterocycles. The van der Waals surface area contributed by atoms with Crippen LogP contribution < -0.4 is 4.74 Å². The molecule has 0 radical (unpaired) electrons. The Hall–Kier alpha value is -1.72. The first-order valence-electron chi connectivity index (χ1n) is 8.46. The van der Waals surface area contributed by atoms with E-state index in [4.69, 9.17) is 21.3 Å². The van der Waals surface area contributed by atoms with E-state index in [1.807, 2.05) is 54.4 Å². The van der Waals surface area contributed by atoms with Gasteiger partial charge in [-0.05, 0) is 36.8 Å². The monoisotopic (exact) mass is 373 g/mol. The number of methoxy groups -OCH3 is 1. The summed E-state index contributed by atoms with van der Waals surface area (Å²) in [5.74, 6) is 1.92. The van der Waals surface area contributed by atoms with E-state index in [1.165, 1.54) is 0 Å². The Bertz CT molecular complexity index is 799. The number of rotatable bonds is 4. The number of hydrogen-bond acceptors (Lipinski definition) is 5. The Kier molecular flexibility index (Phi) is 4.61. The second-order valence-electron chi connectivity index (χ2n) is 6.22. The largest absolute Gasteiger partial charge is 0.496 e. The fourth-order valence-corrected chi connectivity index (χ4v) is 5.14. The normalized spacial score (nSPS) is 25.0. The zero-order valence-corrected chi connectivity index (χ0v) is 15.8. The summed E-state index contributed by atoms with van der Waals surface area (Å²) in [5, 5.41) is 1.82. The van der Waals surface area contributed by atoms with Gasteiger partial charge in [0.1, 0.15) is 11.8 Å². The lowest BCUT2D eigenvalue weighted by atomic mass is 9.94. The molecule has 1 aromatic carbocycles. The van der Waals surface area contributed by atoms with E-state index in [2.05, 4.69) is 16.8 Å². The molecule has 0 unspecified atom stereocenters. The van der Waals surface area contributed by atoms with Crippen LogP contribution in [0.3, 0.4) is 0 Å². The minimum absolute atomic E-state index is 0.0505. The van der Waals surface area contributed by atoms with Gasteiger partial charge in [0.05, 0.1) is 18.8 Å². The molecule has 0 aliphatic carbocycles. The highest BCUT2D eigenvalue weighted by Crippen LogP contribution is 2.50. The molecule has 2 aromatic rings. The fraction of sp³-hybridized carbons (Fsp3) is 0.368. The van der Waals surface area contributed by atoms with Crippen LogP contribution in [0.25, 0.3) is 0 Å². The topological polar surface area (TPSA) is 37.7 Å². The predicted molar refractivity (Wildman–Crippen MR) is 104 cm³/mol. The van der Waals surface area contributed by atoms with Gasteiger partial charge >= 0.3 is 0 Å². The number of thioether (sulfide) groups is 1. The molecule has 4 rings (SSSR count). The Morgan fingerprint density at radius 1 is 1.32 bits per heavy atom. The van der Waals surface area contributed by atoms with Gasteiger partial charge in [0.25, 0.3) is 0 Å². The highest BCUT2D eigenvalue weighted by molar-refractivity contribution is 8.14. The van der Waals surface area contributed by atoms with Gasteiger partial charge in [-0.2, -0.15) is 0 Å². The van der Waals surface area contributed by atoms with Gasteiger partial charge in [0.2, 0.25) is 0 Å². The van der Waals surface area contributed by atoms with Crippen molar-refractivity contribution in [2.75, 3.05) is 12.9 Å². The molecule has 6 heteroatoms. The van der Waals surface area contributed by atoms with Crippen LogP contribution in [0.1, 0.15) is 36.7 Å². The van der Waals surface area contributed by atoms with Gasteiger partial charge in [-0.3, -0.25) is 9.98 Å². The molecule has 0 N–H and O–H groups in total. The quantitative estimate of drug-likeness (QED) is 0.776. The highest BCUT2D eigenvalue weighted by atomic mass is 35.5. The van der Waals surface area contributed by atoms with Crippen molar-refractivity contribution in [1.29, 1.82) is 0 Å². The molecule has 2 aliphatic rings. The van der Waals surface area contributed by atoms with E-state index in [0.29, 0.717) is 11.1 Å². The van der Waals surface area contributed by atoms with Crippen molar-refractivity contribution >= 4 is 28.5 Å². The molecule has 2 aliphatic heterocycles. The van der Waals surface area contributed by atoms with Gasteiger partial charge in [0, 0.05) is 28.6 Å². The van der Waals surface area contributed by atoms with Crippen molar-refractivity contribution in [3.8, 4) is 5.75 Å². The van der Waals surface area contributed by atoms with Crippen molar-refractivity contribution in [3.63, 3.8) is 0 Å². The third-order valence-corrected chi connectivity index (χ3v) is 6.20. The molecule has 4 nitrogen and oxygen atoms in total. The van der Waals surface area contributed by atoms with Crippen molar-refractivity contribution in [1.82, 2.24) is 9.88 Å². The van der Waals surface area contributed by atoms with Gasteiger partial charge < -0.3 is 9.64 Å². The number of benzene rings is 1. The summed E-state index contributed by atoms with van der Waals surface area (Å²) in [4.78, 5) is 12.0. The lowest BCUT2D eigenvalue weighted by molar-refractivity contribution is 0.249. The number of hydrogen-bond donors (Lipinski definition) is 0. The maximum atomic E-state index is 6.33. The lowest BCUT2D eigenvalue weighted by Gasteiger charge is -2.32. The van der Waals surface area contributed by atoms with Gasteiger partial charge in [-0.25, -0.2) is 0 Å². The van der Waals surface area contributed by atoms with Crippen molar-refractivity contribution in [2.24, 2.45) is 4.99 Å². The molecule has 3 atom stereocenters. The number of fused-ring (bicyclic) bond motifs is 1. The molecule has 130 valence electrons. The van der Waals surface area contributed by atoms with E-state index >= 15 is 0 Å². The van der Waals surface area contributed by atoms with Crippen molar-refractivity contribution < 1.29 is 4.74 Å². The summed E-state index contributed by atoms with van der Waals surface area (Å²) in [6.45, 7) is 2.23. The first kappa shape index (κ1) is 16.7. The van der Waals surface area contributed by atoms with Gasteiger partial charge in [0.15, 0.2) is 5.17 Å². The summed E-state index contributed by atoms with van der Waals surface area (Å²) >= 11 is 8.16. The van der Waals surface area contributed by atoms with Crippen LogP contribution in [0.15, 0.2) is 47.6 Å². The third kappa shape index (κ3) is 2.89. The molecule has 25 heavy (non-hydrogen) atoms. The fourth-order valence-electron chi connectivity index (χ4n) is 3.62. The minimum atomic E-state index is -0.0505. The van der Waals surface area contributed by atoms with Crippen LogP contribution >= 0.6 is 23.4 Å². The zero-order valence-electron chi connectivity index (χ0n) is 14.2. The summed E-state index contributed by atoms with van der Waals surface area (Å²) < 4.78 is 5.65. The Morgan fingerprint density at radius 2 is 2.20 bits per heavy atom. The summed E-state index contributed by atoms with van der Waals surface area (Å²) in [5.41, 5.74) is 2.05. The first-order valence-corrected chi connectivity index (χ1v) is 9.82. The zero-order chi connectivity index (χ0) is 17.4. The van der Waals surface area contributed by atoms with Crippen LogP contribution in [0.4, 0.5) is 0 Å². The molecule has 3 heterocycles. The van der Waals surface area contributed by atoms with Crippen LogP contribution in [0, 0.1) is 0 Å². The molecular formula is C19H20ClN3OS.